The van der Waals surface area contributed by atoms with E-state index in [4.69, 9.17) is 9.84 Å². The van der Waals surface area contributed by atoms with Gasteiger partial charge in [0.1, 0.15) is 4.60 Å². The first-order valence-corrected chi connectivity index (χ1v) is 4.36. The highest BCUT2D eigenvalue weighted by Crippen LogP contribution is 2.22. The molecule has 1 aromatic heterocycles. The molecular formula is C8H8BrNO3. The van der Waals surface area contributed by atoms with E-state index in [9.17, 15) is 4.79 Å². The van der Waals surface area contributed by atoms with E-state index in [-0.39, 0.29) is 6.61 Å². The molecule has 0 aliphatic carbocycles. The van der Waals surface area contributed by atoms with Gasteiger partial charge in [-0.05, 0) is 35.0 Å². The molecule has 0 unspecified atom stereocenters. The van der Waals surface area contributed by atoms with E-state index in [1.807, 2.05) is 6.92 Å². The highest BCUT2D eigenvalue weighted by atomic mass is 79.9. The minimum Gasteiger partial charge on any atom is -0.479 e. The number of ether oxygens (including phenoxy) is 1. The SMILES string of the molecule is Cc1ccc(OCC(=O)O)c(Br)n1. The van der Waals surface area contributed by atoms with E-state index in [2.05, 4.69) is 20.9 Å². The quantitative estimate of drug-likeness (QED) is 0.823. The molecule has 0 saturated carbocycles. The summed E-state index contributed by atoms with van der Waals surface area (Å²) in [5.74, 6) is -0.569. The van der Waals surface area contributed by atoms with E-state index >= 15 is 0 Å². The van der Waals surface area contributed by atoms with Crippen LogP contribution in [0.3, 0.4) is 0 Å². The molecule has 1 N–H and O–H groups in total. The van der Waals surface area contributed by atoms with Crippen LogP contribution < -0.4 is 4.74 Å². The van der Waals surface area contributed by atoms with Crippen LogP contribution >= 0.6 is 15.9 Å². The average Bonchev–Trinajstić information content (AvgIpc) is 2.02. The fraction of sp³-hybridized carbons (Fsp3) is 0.250. The van der Waals surface area contributed by atoms with Gasteiger partial charge < -0.3 is 9.84 Å². The lowest BCUT2D eigenvalue weighted by molar-refractivity contribution is -0.139. The van der Waals surface area contributed by atoms with E-state index in [1.54, 1.807) is 12.1 Å². The van der Waals surface area contributed by atoms with Gasteiger partial charge >= 0.3 is 5.97 Å². The van der Waals surface area contributed by atoms with Gasteiger partial charge in [0.15, 0.2) is 12.4 Å². The minimum atomic E-state index is -1.01. The molecule has 0 fully saturated rings. The van der Waals surface area contributed by atoms with E-state index < -0.39 is 5.97 Å². The van der Waals surface area contributed by atoms with E-state index in [0.29, 0.717) is 10.4 Å². The Kier molecular flexibility index (Phi) is 3.25. The summed E-state index contributed by atoms with van der Waals surface area (Å²) in [5.41, 5.74) is 0.842. The number of nitrogens with zero attached hydrogens (tertiary/aromatic N) is 1. The van der Waals surface area contributed by atoms with Crippen molar-refractivity contribution in [1.82, 2.24) is 4.98 Å². The molecule has 5 heteroatoms. The molecule has 0 aromatic carbocycles. The zero-order valence-corrected chi connectivity index (χ0v) is 8.54. The third-order valence-corrected chi connectivity index (χ3v) is 1.87. The van der Waals surface area contributed by atoms with Gasteiger partial charge in [-0.15, -0.1) is 0 Å². The largest absolute Gasteiger partial charge is 0.479 e. The highest BCUT2D eigenvalue weighted by Gasteiger charge is 2.04. The number of carbonyl (C=O) groups is 1. The van der Waals surface area contributed by atoms with E-state index in [1.165, 1.54) is 0 Å². The summed E-state index contributed by atoms with van der Waals surface area (Å²) >= 11 is 3.17. The fourth-order valence-corrected chi connectivity index (χ4v) is 1.29. The smallest absolute Gasteiger partial charge is 0.341 e. The second-order valence-corrected chi connectivity index (χ2v) is 3.18. The second-order valence-electron chi connectivity index (χ2n) is 2.42. The lowest BCUT2D eigenvalue weighted by Crippen LogP contribution is -2.09. The number of rotatable bonds is 3. The highest BCUT2D eigenvalue weighted by molar-refractivity contribution is 9.10. The molecular weight excluding hydrogens is 238 g/mol. The normalized spacial score (nSPS) is 9.69. The Bertz CT molecular complexity index is 327. The molecule has 13 heavy (non-hydrogen) atoms. The first-order chi connectivity index (χ1) is 6.09. The van der Waals surface area contributed by atoms with Crippen LogP contribution in [0.2, 0.25) is 0 Å². The summed E-state index contributed by atoms with van der Waals surface area (Å²) in [6, 6.07) is 3.43. The number of hydrogen-bond donors (Lipinski definition) is 1. The van der Waals surface area contributed by atoms with Gasteiger partial charge in [0.05, 0.1) is 0 Å². The molecule has 0 bridgehead atoms. The summed E-state index contributed by atoms with van der Waals surface area (Å²) in [4.78, 5) is 14.2. The molecule has 4 nitrogen and oxygen atoms in total. The van der Waals surface area contributed by atoms with Gasteiger partial charge in [0.2, 0.25) is 0 Å². The Labute approximate surface area is 83.7 Å². The number of hydrogen-bond acceptors (Lipinski definition) is 3. The number of pyridine rings is 1. The maximum atomic E-state index is 10.2. The fourth-order valence-electron chi connectivity index (χ4n) is 0.759. The Hall–Kier alpha value is -1.10. The van der Waals surface area contributed by atoms with Crippen molar-refractivity contribution >= 4 is 21.9 Å². The standard InChI is InChI=1S/C8H8BrNO3/c1-5-2-3-6(8(9)10-5)13-4-7(11)12/h2-3H,4H2,1H3,(H,11,12). The lowest BCUT2D eigenvalue weighted by atomic mass is 10.4. The third-order valence-electron chi connectivity index (χ3n) is 1.30. The molecule has 0 amide bonds. The number of halogens is 1. The number of aromatic nitrogens is 1. The van der Waals surface area contributed by atoms with Gasteiger partial charge in [-0.25, -0.2) is 9.78 Å². The maximum absolute atomic E-state index is 10.2. The molecule has 70 valence electrons. The topological polar surface area (TPSA) is 59.4 Å². The number of aryl methyl sites for hydroxylation is 1. The molecule has 0 spiro atoms. The zero-order chi connectivity index (χ0) is 9.84. The Morgan fingerprint density at radius 3 is 2.92 bits per heavy atom. The Morgan fingerprint density at radius 2 is 2.38 bits per heavy atom. The van der Waals surface area contributed by atoms with Crippen molar-refractivity contribution in [2.45, 2.75) is 6.92 Å². The number of aliphatic carboxylic acids is 1. The van der Waals surface area contributed by atoms with Crippen molar-refractivity contribution in [2.75, 3.05) is 6.61 Å². The van der Waals surface area contributed by atoms with Crippen molar-refractivity contribution in [1.29, 1.82) is 0 Å². The summed E-state index contributed by atoms with van der Waals surface area (Å²) in [6.45, 7) is 1.48. The van der Waals surface area contributed by atoms with Gasteiger partial charge in [-0.1, -0.05) is 0 Å². The van der Waals surface area contributed by atoms with Crippen molar-refractivity contribution in [3.8, 4) is 5.75 Å². The monoisotopic (exact) mass is 245 g/mol. The van der Waals surface area contributed by atoms with Gasteiger partial charge in [0.25, 0.3) is 0 Å². The molecule has 0 aliphatic heterocycles. The van der Waals surface area contributed by atoms with Crippen LogP contribution in [0.4, 0.5) is 0 Å². The van der Waals surface area contributed by atoms with Crippen LogP contribution in [0.1, 0.15) is 5.69 Å². The Balaban J connectivity index is 2.72. The van der Waals surface area contributed by atoms with Crippen LogP contribution in [0.25, 0.3) is 0 Å². The zero-order valence-electron chi connectivity index (χ0n) is 6.95. The van der Waals surface area contributed by atoms with Crippen molar-refractivity contribution in [3.05, 3.63) is 22.4 Å². The van der Waals surface area contributed by atoms with Crippen LogP contribution in [-0.4, -0.2) is 22.7 Å². The maximum Gasteiger partial charge on any atom is 0.341 e. The number of carboxylic acids is 1. The summed E-state index contributed by atoms with van der Waals surface area (Å²) in [5, 5.41) is 8.36. The van der Waals surface area contributed by atoms with Crippen LogP contribution in [0.15, 0.2) is 16.7 Å². The number of carboxylic acid groups (broad SMARTS) is 1. The second kappa shape index (κ2) is 4.23. The molecule has 1 aromatic rings. The molecule has 0 aliphatic rings. The average molecular weight is 246 g/mol. The lowest BCUT2D eigenvalue weighted by Gasteiger charge is -2.04. The van der Waals surface area contributed by atoms with Crippen molar-refractivity contribution in [3.63, 3.8) is 0 Å². The first-order valence-electron chi connectivity index (χ1n) is 3.57. The van der Waals surface area contributed by atoms with Gasteiger partial charge in [-0.2, -0.15) is 0 Å². The Morgan fingerprint density at radius 1 is 1.69 bits per heavy atom. The summed E-state index contributed by atoms with van der Waals surface area (Å²) in [6.07, 6.45) is 0. The van der Waals surface area contributed by atoms with Gasteiger partial charge in [0, 0.05) is 5.69 Å². The molecule has 1 rings (SSSR count). The predicted octanol–water partition coefficient (Wildman–Crippen LogP) is 1.62. The van der Waals surface area contributed by atoms with E-state index in [0.717, 1.165) is 5.69 Å². The predicted molar refractivity (Wildman–Crippen MR) is 49.8 cm³/mol. The molecule has 1 heterocycles. The van der Waals surface area contributed by atoms with Crippen molar-refractivity contribution in [2.24, 2.45) is 0 Å². The minimum absolute atomic E-state index is 0.358. The summed E-state index contributed by atoms with van der Waals surface area (Å²) in [7, 11) is 0. The van der Waals surface area contributed by atoms with Gasteiger partial charge in [-0.3, -0.25) is 0 Å². The third kappa shape index (κ3) is 3.02. The van der Waals surface area contributed by atoms with Crippen LogP contribution in [0, 0.1) is 6.92 Å². The molecule has 0 atom stereocenters. The van der Waals surface area contributed by atoms with Crippen LogP contribution in [0.5, 0.6) is 5.75 Å². The van der Waals surface area contributed by atoms with Crippen molar-refractivity contribution < 1.29 is 14.6 Å². The molecule has 0 radical (unpaired) electrons. The van der Waals surface area contributed by atoms with Crippen LogP contribution in [-0.2, 0) is 4.79 Å². The molecule has 0 saturated heterocycles. The first kappa shape index (κ1) is 9.98. The summed E-state index contributed by atoms with van der Waals surface area (Å²) < 4.78 is 5.47.